The summed E-state index contributed by atoms with van der Waals surface area (Å²) < 4.78 is 1.21. The number of aromatic nitrogens is 1. The van der Waals surface area contributed by atoms with E-state index in [0.29, 0.717) is 5.56 Å². The van der Waals surface area contributed by atoms with Crippen molar-refractivity contribution in [3.63, 3.8) is 0 Å². The van der Waals surface area contributed by atoms with Gasteiger partial charge >= 0.3 is 0 Å². The summed E-state index contributed by atoms with van der Waals surface area (Å²) >= 11 is 3.42. The van der Waals surface area contributed by atoms with E-state index in [-0.39, 0.29) is 5.91 Å². The maximum absolute atomic E-state index is 12.8. The summed E-state index contributed by atoms with van der Waals surface area (Å²) in [5.41, 5.74) is 7.49. The van der Waals surface area contributed by atoms with E-state index in [0.717, 1.165) is 53.4 Å². The summed E-state index contributed by atoms with van der Waals surface area (Å²) in [5.74, 6) is -0.0724. The van der Waals surface area contributed by atoms with Gasteiger partial charge in [-0.15, -0.1) is 11.3 Å². The van der Waals surface area contributed by atoms with E-state index >= 15 is 0 Å². The first-order chi connectivity index (χ1) is 14.3. The Bertz CT molecular complexity index is 1070. The second-order valence-corrected chi connectivity index (χ2v) is 9.32. The quantitative estimate of drug-likeness (QED) is 0.512. The third kappa shape index (κ3) is 3.85. The Kier molecular flexibility index (Phi) is 5.18. The first-order valence-corrected chi connectivity index (χ1v) is 11.4. The molecule has 0 saturated carbocycles. The SMILES string of the molecule is O=C(NN1CCCCC1)c1ccc2c(c1)N=C(c1cccnc1)c1ccsc1S2. The smallest absolute Gasteiger partial charge is 0.265 e. The van der Waals surface area contributed by atoms with Crippen molar-refractivity contribution in [2.24, 2.45) is 4.99 Å². The minimum atomic E-state index is -0.0724. The molecule has 0 aliphatic carbocycles. The van der Waals surface area contributed by atoms with E-state index in [4.69, 9.17) is 4.99 Å². The molecule has 1 aromatic carbocycles. The topological polar surface area (TPSA) is 57.6 Å². The van der Waals surface area contributed by atoms with Crippen molar-refractivity contribution in [1.82, 2.24) is 15.4 Å². The van der Waals surface area contributed by atoms with Crippen molar-refractivity contribution in [3.05, 3.63) is 70.9 Å². The highest BCUT2D eigenvalue weighted by molar-refractivity contribution is 8.01. The van der Waals surface area contributed by atoms with Crippen LogP contribution in [0.5, 0.6) is 0 Å². The number of fused-ring (bicyclic) bond motifs is 2. The molecule has 1 saturated heterocycles. The average Bonchev–Trinajstić information content (AvgIpc) is 3.16. The highest BCUT2D eigenvalue weighted by atomic mass is 32.2. The zero-order valence-corrected chi connectivity index (χ0v) is 17.4. The molecule has 1 fully saturated rings. The fourth-order valence-corrected chi connectivity index (χ4v) is 5.67. The molecule has 2 aliphatic heterocycles. The Morgan fingerprint density at radius 1 is 1.10 bits per heavy atom. The Balaban J connectivity index is 1.51. The largest absolute Gasteiger partial charge is 0.285 e. The molecule has 3 aromatic rings. The van der Waals surface area contributed by atoms with Crippen molar-refractivity contribution in [1.29, 1.82) is 0 Å². The average molecular weight is 421 g/mol. The minimum Gasteiger partial charge on any atom is -0.285 e. The first-order valence-electron chi connectivity index (χ1n) is 9.73. The van der Waals surface area contributed by atoms with E-state index in [2.05, 4.69) is 21.9 Å². The standard InChI is InChI=1S/C22H20N4OS2/c27-21(25-26-10-2-1-3-11-26)15-6-7-19-18(13-15)24-20(16-5-4-9-23-14-16)17-8-12-28-22(17)29-19/h4-9,12-14H,1-3,10-11H2,(H,25,27). The molecule has 4 heterocycles. The third-order valence-electron chi connectivity index (χ3n) is 5.09. The van der Waals surface area contributed by atoms with Gasteiger partial charge in [0.25, 0.3) is 5.91 Å². The van der Waals surface area contributed by atoms with Gasteiger partial charge in [-0.25, -0.2) is 10.0 Å². The molecule has 0 atom stereocenters. The lowest BCUT2D eigenvalue weighted by molar-refractivity contribution is 0.0750. The normalized spacial score (nSPS) is 16.3. The summed E-state index contributed by atoms with van der Waals surface area (Å²) in [6.45, 7) is 1.83. The van der Waals surface area contributed by atoms with E-state index < -0.39 is 0 Å². The van der Waals surface area contributed by atoms with Gasteiger partial charge in [0.15, 0.2) is 0 Å². The monoisotopic (exact) mass is 420 g/mol. The molecule has 0 bridgehead atoms. The van der Waals surface area contributed by atoms with Gasteiger partial charge in [-0.1, -0.05) is 18.2 Å². The number of benzene rings is 1. The van der Waals surface area contributed by atoms with E-state index in [1.807, 2.05) is 41.5 Å². The van der Waals surface area contributed by atoms with Crippen LogP contribution in [0.4, 0.5) is 5.69 Å². The highest BCUT2D eigenvalue weighted by Gasteiger charge is 2.22. The van der Waals surface area contributed by atoms with Crippen molar-refractivity contribution in [2.75, 3.05) is 13.1 Å². The molecular formula is C22H20N4OS2. The number of amides is 1. The van der Waals surface area contributed by atoms with Gasteiger partial charge in [0.05, 0.1) is 15.6 Å². The molecule has 2 aliphatic rings. The summed E-state index contributed by atoms with van der Waals surface area (Å²) in [6.07, 6.45) is 7.09. The molecule has 2 aromatic heterocycles. The van der Waals surface area contributed by atoms with E-state index in [1.54, 1.807) is 29.3 Å². The van der Waals surface area contributed by atoms with Crippen LogP contribution in [-0.4, -0.2) is 34.7 Å². The third-order valence-corrected chi connectivity index (χ3v) is 7.31. The molecule has 5 rings (SSSR count). The maximum atomic E-state index is 12.8. The van der Waals surface area contributed by atoms with Gasteiger partial charge in [-0.3, -0.25) is 15.2 Å². The number of aliphatic imine (C=N–C) groups is 1. The zero-order valence-electron chi connectivity index (χ0n) is 15.8. The number of rotatable bonds is 3. The number of hydrogen-bond acceptors (Lipinski definition) is 6. The van der Waals surface area contributed by atoms with Gasteiger partial charge in [0.2, 0.25) is 0 Å². The molecule has 29 heavy (non-hydrogen) atoms. The Hall–Kier alpha value is -2.48. The Labute approximate surface area is 177 Å². The molecule has 7 heteroatoms. The van der Waals surface area contributed by atoms with E-state index in [1.165, 1.54) is 10.6 Å². The predicted molar refractivity (Wildman–Crippen MR) is 117 cm³/mol. The van der Waals surface area contributed by atoms with Crippen LogP contribution in [0, 0.1) is 0 Å². The number of carbonyl (C=O) groups excluding carboxylic acids is 1. The van der Waals surface area contributed by atoms with Crippen LogP contribution < -0.4 is 5.43 Å². The highest BCUT2D eigenvalue weighted by Crippen LogP contribution is 2.44. The number of piperidine rings is 1. The van der Waals surface area contributed by atoms with Crippen molar-refractivity contribution in [3.8, 4) is 0 Å². The van der Waals surface area contributed by atoms with Crippen LogP contribution in [0.3, 0.4) is 0 Å². The lowest BCUT2D eigenvalue weighted by Crippen LogP contribution is -2.45. The first kappa shape index (κ1) is 18.5. The number of hydrazine groups is 1. The summed E-state index contributed by atoms with van der Waals surface area (Å²) in [5, 5.41) is 4.11. The number of nitrogens with zero attached hydrogens (tertiary/aromatic N) is 3. The maximum Gasteiger partial charge on any atom is 0.265 e. The van der Waals surface area contributed by atoms with Crippen LogP contribution in [0.25, 0.3) is 0 Å². The molecule has 0 radical (unpaired) electrons. The number of carbonyl (C=O) groups is 1. The summed E-state index contributed by atoms with van der Waals surface area (Å²) in [6, 6.07) is 11.8. The number of thiophene rings is 1. The van der Waals surface area contributed by atoms with Crippen molar-refractivity contribution < 1.29 is 4.79 Å². The fraction of sp³-hybridized carbons (Fsp3) is 0.227. The predicted octanol–water partition coefficient (Wildman–Crippen LogP) is 4.91. The van der Waals surface area contributed by atoms with Crippen molar-refractivity contribution in [2.45, 2.75) is 28.4 Å². The summed E-state index contributed by atoms with van der Waals surface area (Å²) in [4.78, 5) is 23.1. The molecule has 0 unspecified atom stereocenters. The Morgan fingerprint density at radius 2 is 2.00 bits per heavy atom. The molecule has 5 nitrogen and oxygen atoms in total. The van der Waals surface area contributed by atoms with E-state index in [9.17, 15) is 4.79 Å². The van der Waals surface area contributed by atoms with Gasteiger partial charge in [0, 0.05) is 47.1 Å². The van der Waals surface area contributed by atoms with Crippen LogP contribution in [0.15, 0.2) is 68.3 Å². The lowest BCUT2D eigenvalue weighted by atomic mass is 10.1. The minimum absolute atomic E-state index is 0.0724. The molecule has 0 spiro atoms. The summed E-state index contributed by atoms with van der Waals surface area (Å²) in [7, 11) is 0. The molecule has 1 amide bonds. The van der Waals surface area contributed by atoms with Crippen LogP contribution in [-0.2, 0) is 0 Å². The molecular weight excluding hydrogens is 400 g/mol. The lowest BCUT2D eigenvalue weighted by Gasteiger charge is -2.26. The zero-order chi connectivity index (χ0) is 19.6. The molecule has 1 N–H and O–H groups in total. The number of hydrogen-bond donors (Lipinski definition) is 1. The Morgan fingerprint density at radius 3 is 2.83 bits per heavy atom. The van der Waals surface area contributed by atoms with Crippen LogP contribution in [0.1, 0.15) is 40.7 Å². The number of pyridine rings is 1. The van der Waals surface area contributed by atoms with Gasteiger partial charge < -0.3 is 0 Å². The van der Waals surface area contributed by atoms with Gasteiger partial charge in [-0.05, 0) is 54.6 Å². The van der Waals surface area contributed by atoms with Crippen LogP contribution in [0.2, 0.25) is 0 Å². The second-order valence-electron chi connectivity index (χ2n) is 7.10. The van der Waals surface area contributed by atoms with Gasteiger partial charge in [-0.2, -0.15) is 0 Å². The molecule has 146 valence electrons. The fourth-order valence-electron chi connectivity index (χ4n) is 3.60. The van der Waals surface area contributed by atoms with Crippen molar-refractivity contribution >= 4 is 40.4 Å². The van der Waals surface area contributed by atoms with Gasteiger partial charge in [0.1, 0.15) is 0 Å². The van der Waals surface area contributed by atoms with Crippen LogP contribution >= 0.6 is 23.1 Å². The second kappa shape index (κ2) is 8.10. The number of nitrogens with one attached hydrogen (secondary N) is 1.